The average molecular weight is 713 g/mol. The first-order valence-corrected chi connectivity index (χ1v) is 19.8. The molecule has 0 aliphatic heterocycles. The number of hydrogen-bond donors (Lipinski definition) is 0. The highest BCUT2D eigenvalue weighted by molar-refractivity contribution is 7.25. The van der Waals surface area contributed by atoms with E-state index in [9.17, 15) is 0 Å². The van der Waals surface area contributed by atoms with E-state index in [1.165, 1.54) is 118 Å². The second-order valence-electron chi connectivity index (χ2n) is 14.7. The zero-order valence-electron chi connectivity index (χ0n) is 29.9. The fraction of sp³-hybridized carbons (Fsp3) is 0. The highest BCUT2D eigenvalue weighted by atomic mass is 32.1. The summed E-state index contributed by atoms with van der Waals surface area (Å²) in [6, 6.07) is 72.3. The summed E-state index contributed by atoms with van der Waals surface area (Å²) in [6.45, 7) is 0. The van der Waals surface area contributed by atoms with Crippen molar-refractivity contribution in [1.29, 1.82) is 0 Å². The van der Waals surface area contributed by atoms with E-state index in [2.05, 4.69) is 194 Å². The van der Waals surface area contributed by atoms with Crippen molar-refractivity contribution >= 4 is 96.1 Å². The summed E-state index contributed by atoms with van der Waals surface area (Å²) in [6.07, 6.45) is 0. The Hall–Kier alpha value is -6.80. The largest absolute Gasteiger partial charge is 0.135 e. The van der Waals surface area contributed by atoms with Crippen molar-refractivity contribution in [2.75, 3.05) is 0 Å². The van der Waals surface area contributed by atoms with Crippen LogP contribution in [-0.4, -0.2) is 0 Å². The van der Waals surface area contributed by atoms with E-state index < -0.39 is 0 Å². The van der Waals surface area contributed by atoms with Gasteiger partial charge in [-0.25, -0.2) is 0 Å². The maximum absolute atomic E-state index is 2.44. The van der Waals surface area contributed by atoms with Gasteiger partial charge >= 0.3 is 0 Å². The first-order valence-electron chi connectivity index (χ1n) is 19.0. The monoisotopic (exact) mass is 712 g/mol. The lowest BCUT2D eigenvalue weighted by Crippen LogP contribution is -1.90. The third kappa shape index (κ3) is 4.57. The highest BCUT2D eigenvalue weighted by Crippen LogP contribution is 2.46. The molecule has 0 saturated heterocycles. The van der Waals surface area contributed by atoms with E-state index in [4.69, 9.17) is 0 Å². The molecule has 0 fully saturated rings. The van der Waals surface area contributed by atoms with Crippen molar-refractivity contribution in [3.63, 3.8) is 0 Å². The van der Waals surface area contributed by atoms with Crippen LogP contribution in [0, 0.1) is 0 Å². The minimum Gasteiger partial charge on any atom is -0.135 e. The molecule has 0 nitrogen and oxygen atoms in total. The molecule has 0 atom stereocenters. The number of benzene rings is 11. The van der Waals surface area contributed by atoms with Crippen LogP contribution < -0.4 is 0 Å². The van der Waals surface area contributed by atoms with Gasteiger partial charge in [0, 0.05) is 20.2 Å². The first-order chi connectivity index (χ1) is 27.3. The summed E-state index contributed by atoms with van der Waals surface area (Å²) >= 11 is 1.88. The van der Waals surface area contributed by atoms with Crippen LogP contribution >= 0.6 is 11.3 Å². The van der Waals surface area contributed by atoms with Crippen LogP contribution in [0.15, 0.2) is 194 Å². The molecule has 0 aliphatic carbocycles. The molecule has 1 heterocycles. The van der Waals surface area contributed by atoms with Gasteiger partial charge in [-0.05, 0) is 122 Å². The molecular formula is C54H32S. The van der Waals surface area contributed by atoms with Crippen molar-refractivity contribution in [2.24, 2.45) is 0 Å². The predicted octanol–water partition coefficient (Wildman–Crippen LogP) is 16.0. The Morgan fingerprint density at radius 1 is 0.218 bits per heavy atom. The molecule has 0 bridgehead atoms. The Balaban J connectivity index is 1.09. The predicted molar refractivity (Wildman–Crippen MR) is 241 cm³/mol. The van der Waals surface area contributed by atoms with Crippen LogP contribution in [-0.2, 0) is 0 Å². The zero-order valence-corrected chi connectivity index (χ0v) is 30.7. The van der Waals surface area contributed by atoms with Crippen LogP contribution in [0.5, 0.6) is 0 Å². The third-order valence-electron chi connectivity index (χ3n) is 11.8. The molecule has 12 rings (SSSR count). The summed E-state index contributed by atoms with van der Waals surface area (Å²) < 4.78 is 2.67. The number of fused-ring (bicyclic) bond motifs is 15. The Kier molecular flexibility index (Phi) is 6.60. The minimum atomic E-state index is 1.23. The van der Waals surface area contributed by atoms with Gasteiger partial charge in [0.25, 0.3) is 0 Å². The normalized spacial score (nSPS) is 12.0. The summed E-state index contributed by atoms with van der Waals surface area (Å²) in [5.41, 5.74) is 7.49. The van der Waals surface area contributed by atoms with Gasteiger partial charge < -0.3 is 0 Å². The van der Waals surface area contributed by atoms with Crippen LogP contribution in [0.4, 0.5) is 0 Å². The standard InChI is InChI=1S/C54H32S/c1-2-12-33(13-3-1)34-22-26-47-49(30-34)41-16-6-8-19-45(41)54-48-27-24-35(31-50(48)42-17-7-9-20-46(42)53(47)54)37-28-29-38(40-15-5-4-14-39(37)40)36-23-25-44-43-18-10-11-21-51(43)55-52(44)32-36/h1-32H. The summed E-state index contributed by atoms with van der Waals surface area (Å²) in [5.74, 6) is 0. The van der Waals surface area contributed by atoms with Gasteiger partial charge in [-0.1, -0.05) is 170 Å². The number of thiophene rings is 1. The van der Waals surface area contributed by atoms with E-state index in [1.54, 1.807) is 0 Å². The molecule has 1 heteroatoms. The lowest BCUT2D eigenvalue weighted by Gasteiger charge is -2.18. The maximum atomic E-state index is 2.44. The number of rotatable bonds is 3. The Bertz CT molecular complexity index is 3530. The van der Waals surface area contributed by atoms with Crippen molar-refractivity contribution in [3.8, 4) is 33.4 Å². The van der Waals surface area contributed by atoms with E-state index >= 15 is 0 Å². The Labute approximate surface area is 322 Å². The van der Waals surface area contributed by atoms with Gasteiger partial charge in [-0.3, -0.25) is 0 Å². The quantitative estimate of drug-likeness (QED) is 0.160. The van der Waals surface area contributed by atoms with E-state index in [0.717, 1.165) is 0 Å². The number of hydrogen-bond acceptors (Lipinski definition) is 1. The lowest BCUT2D eigenvalue weighted by molar-refractivity contribution is 1.65. The van der Waals surface area contributed by atoms with Crippen LogP contribution in [0.25, 0.3) is 118 Å². The summed E-state index contributed by atoms with van der Waals surface area (Å²) in [5, 5.41) is 18.2. The summed E-state index contributed by atoms with van der Waals surface area (Å²) in [7, 11) is 0. The molecule has 11 aromatic carbocycles. The van der Waals surface area contributed by atoms with E-state index in [-0.39, 0.29) is 0 Å². The molecule has 1 aromatic heterocycles. The SMILES string of the molecule is c1ccc(-c2ccc3c(c2)c2ccccc2c2c4ccc(-c5ccc(-c6ccc7c(c6)sc6ccccc67)c6ccccc56)cc4c4ccccc4c32)cc1. The maximum Gasteiger partial charge on any atom is 0.0361 e. The van der Waals surface area contributed by atoms with Gasteiger partial charge in [0.2, 0.25) is 0 Å². The lowest BCUT2D eigenvalue weighted by atomic mass is 9.85. The van der Waals surface area contributed by atoms with Crippen molar-refractivity contribution in [2.45, 2.75) is 0 Å². The van der Waals surface area contributed by atoms with Gasteiger partial charge in [0.15, 0.2) is 0 Å². The van der Waals surface area contributed by atoms with Crippen molar-refractivity contribution in [1.82, 2.24) is 0 Å². The molecule has 55 heavy (non-hydrogen) atoms. The molecule has 0 amide bonds. The fourth-order valence-corrected chi connectivity index (χ4v) is 10.5. The van der Waals surface area contributed by atoms with Crippen molar-refractivity contribution < 1.29 is 0 Å². The van der Waals surface area contributed by atoms with Gasteiger partial charge in [-0.15, -0.1) is 11.3 Å². The highest BCUT2D eigenvalue weighted by Gasteiger charge is 2.18. The van der Waals surface area contributed by atoms with Crippen LogP contribution in [0.1, 0.15) is 0 Å². The summed E-state index contributed by atoms with van der Waals surface area (Å²) in [4.78, 5) is 0. The van der Waals surface area contributed by atoms with Gasteiger partial charge in [0.05, 0.1) is 0 Å². The fourth-order valence-electron chi connectivity index (χ4n) is 9.34. The molecular weight excluding hydrogens is 681 g/mol. The molecule has 254 valence electrons. The second kappa shape index (κ2) is 11.9. The minimum absolute atomic E-state index is 1.23. The molecule has 0 unspecified atom stereocenters. The zero-order chi connectivity index (χ0) is 36.0. The molecule has 0 radical (unpaired) electrons. The van der Waals surface area contributed by atoms with Gasteiger partial charge in [-0.2, -0.15) is 0 Å². The Morgan fingerprint density at radius 2 is 0.636 bits per heavy atom. The first kappa shape index (κ1) is 30.6. The van der Waals surface area contributed by atoms with Gasteiger partial charge in [0.1, 0.15) is 0 Å². The molecule has 0 N–H and O–H groups in total. The van der Waals surface area contributed by atoms with Crippen LogP contribution in [0.3, 0.4) is 0 Å². The topological polar surface area (TPSA) is 0 Å². The average Bonchev–Trinajstić information content (AvgIpc) is 3.64. The van der Waals surface area contributed by atoms with E-state index in [1.807, 2.05) is 11.3 Å². The van der Waals surface area contributed by atoms with E-state index in [0.29, 0.717) is 0 Å². The molecule has 12 aromatic rings. The van der Waals surface area contributed by atoms with Crippen LogP contribution in [0.2, 0.25) is 0 Å². The molecule has 0 saturated carbocycles. The smallest absolute Gasteiger partial charge is 0.0361 e. The molecule has 0 spiro atoms. The third-order valence-corrected chi connectivity index (χ3v) is 13.0. The second-order valence-corrected chi connectivity index (χ2v) is 15.8. The molecule has 0 aliphatic rings. The Morgan fingerprint density at radius 3 is 1.25 bits per heavy atom. The van der Waals surface area contributed by atoms with Crippen molar-refractivity contribution in [3.05, 3.63) is 194 Å².